The van der Waals surface area contributed by atoms with Gasteiger partial charge in [0.15, 0.2) is 0 Å². The van der Waals surface area contributed by atoms with Crippen molar-refractivity contribution < 1.29 is 14.3 Å². The second kappa shape index (κ2) is 4.02. The molecule has 3 fully saturated rings. The number of carbonyl (C=O) groups excluding carboxylic acids is 1. The molecule has 3 saturated carbocycles. The van der Waals surface area contributed by atoms with Crippen molar-refractivity contribution in [2.45, 2.75) is 32.0 Å². The molecule has 3 nitrogen and oxygen atoms in total. The van der Waals surface area contributed by atoms with E-state index in [0.717, 1.165) is 12.3 Å². The van der Waals surface area contributed by atoms with Crippen molar-refractivity contribution in [1.29, 1.82) is 0 Å². The first-order valence-corrected chi connectivity index (χ1v) is 8.18. The number of hydrogen-bond acceptors (Lipinski definition) is 3. The number of fused-ring (bicyclic) bond motifs is 9. The molecule has 4 aliphatic carbocycles. The van der Waals surface area contributed by atoms with Gasteiger partial charge < -0.3 is 9.47 Å². The summed E-state index contributed by atoms with van der Waals surface area (Å²) in [6, 6.07) is 0. The van der Waals surface area contributed by atoms with Crippen LogP contribution in [0.5, 0.6) is 0 Å². The zero-order valence-electron chi connectivity index (χ0n) is 12.0. The first kappa shape index (κ1) is 12.1. The minimum Gasteiger partial charge on any atom is -0.459 e. The van der Waals surface area contributed by atoms with Gasteiger partial charge in [0, 0.05) is 0 Å². The van der Waals surface area contributed by atoms with Crippen molar-refractivity contribution in [3.63, 3.8) is 0 Å². The summed E-state index contributed by atoms with van der Waals surface area (Å²) in [7, 11) is 0. The van der Waals surface area contributed by atoms with E-state index in [0.29, 0.717) is 23.7 Å². The first-order chi connectivity index (χ1) is 10.3. The lowest BCUT2D eigenvalue weighted by Crippen LogP contribution is -2.48. The number of hydrogen-bond donors (Lipinski definition) is 0. The summed E-state index contributed by atoms with van der Waals surface area (Å²) in [5, 5.41) is 0. The maximum atomic E-state index is 13.1. The van der Waals surface area contributed by atoms with E-state index in [1.54, 1.807) is 12.3 Å². The van der Waals surface area contributed by atoms with Crippen LogP contribution in [0.15, 0.2) is 36.6 Å². The minimum absolute atomic E-state index is 0.00139. The van der Waals surface area contributed by atoms with Crippen molar-refractivity contribution in [3.8, 4) is 0 Å². The molecule has 5 aliphatic rings. The van der Waals surface area contributed by atoms with Crippen LogP contribution in [0.1, 0.15) is 25.7 Å². The van der Waals surface area contributed by atoms with E-state index in [-0.39, 0.29) is 11.4 Å². The van der Waals surface area contributed by atoms with E-state index in [9.17, 15) is 4.79 Å². The summed E-state index contributed by atoms with van der Waals surface area (Å²) >= 11 is 0. The normalized spacial score (nSPS) is 51.2. The largest absolute Gasteiger partial charge is 0.459 e. The third-order valence-corrected chi connectivity index (χ3v) is 6.65. The molecule has 0 radical (unpaired) electrons. The number of ether oxygens (including phenoxy) is 2. The van der Waals surface area contributed by atoms with Gasteiger partial charge in [0.05, 0.1) is 11.7 Å². The van der Waals surface area contributed by atoms with Gasteiger partial charge in [-0.15, -0.1) is 0 Å². The zero-order valence-corrected chi connectivity index (χ0v) is 12.0. The van der Waals surface area contributed by atoms with E-state index in [2.05, 4.69) is 12.2 Å². The van der Waals surface area contributed by atoms with Crippen molar-refractivity contribution >= 4 is 5.97 Å². The summed E-state index contributed by atoms with van der Waals surface area (Å²) < 4.78 is 11.1. The molecule has 21 heavy (non-hydrogen) atoms. The number of carbonyl (C=O) groups is 1. The topological polar surface area (TPSA) is 35.5 Å². The van der Waals surface area contributed by atoms with E-state index in [1.165, 1.54) is 19.3 Å². The van der Waals surface area contributed by atoms with E-state index in [4.69, 9.17) is 9.47 Å². The molecule has 0 spiro atoms. The molecule has 3 heteroatoms. The fourth-order valence-electron chi connectivity index (χ4n) is 6.14. The maximum Gasteiger partial charge on any atom is 0.316 e. The van der Waals surface area contributed by atoms with E-state index in [1.807, 2.05) is 12.2 Å². The van der Waals surface area contributed by atoms with Crippen LogP contribution >= 0.6 is 0 Å². The summed E-state index contributed by atoms with van der Waals surface area (Å²) in [5.74, 6) is 2.82. The molecule has 110 valence electrons. The predicted octanol–water partition coefficient (Wildman–Crippen LogP) is 3.19. The Kier molecular flexibility index (Phi) is 2.31. The van der Waals surface area contributed by atoms with Crippen LogP contribution in [-0.4, -0.2) is 12.3 Å². The summed E-state index contributed by atoms with van der Waals surface area (Å²) in [6.07, 6.45) is 16.1. The molecule has 0 aromatic heterocycles. The third kappa shape index (κ3) is 1.37. The molecule has 7 atom stereocenters. The molecule has 5 rings (SSSR count). The molecule has 4 bridgehead atoms. The van der Waals surface area contributed by atoms with Gasteiger partial charge in [-0.3, -0.25) is 4.79 Å². The summed E-state index contributed by atoms with van der Waals surface area (Å²) in [4.78, 5) is 13.1. The molecule has 0 aromatic carbocycles. The van der Waals surface area contributed by atoms with Crippen LogP contribution in [0.4, 0.5) is 0 Å². The van der Waals surface area contributed by atoms with Gasteiger partial charge in [-0.1, -0.05) is 18.2 Å². The highest BCUT2D eigenvalue weighted by molar-refractivity contribution is 5.81. The van der Waals surface area contributed by atoms with Gasteiger partial charge in [-0.05, 0) is 67.4 Å². The van der Waals surface area contributed by atoms with Gasteiger partial charge in [0.1, 0.15) is 0 Å². The van der Waals surface area contributed by atoms with Crippen LogP contribution in [-0.2, 0) is 14.3 Å². The fourth-order valence-corrected chi connectivity index (χ4v) is 6.14. The molecule has 0 N–H and O–H groups in total. The SMILES string of the molecule is O=C(OC1C=CC=CO1)C12C3C=CC(C3)C1C1CCC2C1. The standard InChI is InChI=1S/C18H20O3/c19-17(21-15-3-1-2-8-20-15)18-13-6-4-11(9-13)16(18)12-5-7-14(18)10-12/h1-4,6,8,11-16H,5,7,9-10H2. The average Bonchev–Trinajstić information content (AvgIpc) is 3.26. The summed E-state index contributed by atoms with van der Waals surface area (Å²) in [5.41, 5.74) is -0.235. The molecule has 7 unspecified atom stereocenters. The number of allylic oxidation sites excluding steroid dienone is 4. The lowest BCUT2D eigenvalue weighted by molar-refractivity contribution is -0.183. The van der Waals surface area contributed by atoms with Crippen molar-refractivity contribution in [1.82, 2.24) is 0 Å². The Morgan fingerprint density at radius 3 is 2.95 bits per heavy atom. The highest BCUT2D eigenvalue weighted by Crippen LogP contribution is 2.72. The average molecular weight is 284 g/mol. The zero-order chi connectivity index (χ0) is 14.0. The van der Waals surface area contributed by atoms with E-state index < -0.39 is 6.29 Å². The Hall–Kier alpha value is -1.51. The van der Waals surface area contributed by atoms with Crippen molar-refractivity contribution in [2.75, 3.05) is 0 Å². The quantitative estimate of drug-likeness (QED) is 0.444. The molecule has 0 amide bonds. The molecule has 1 aliphatic heterocycles. The molecule has 1 heterocycles. The second-order valence-electron chi connectivity index (χ2n) is 7.24. The van der Waals surface area contributed by atoms with Crippen LogP contribution in [0.25, 0.3) is 0 Å². The Bertz CT molecular complexity index is 575. The highest BCUT2D eigenvalue weighted by Gasteiger charge is 2.72. The van der Waals surface area contributed by atoms with Gasteiger partial charge in [-0.25, -0.2) is 0 Å². The predicted molar refractivity (Wildman–Crippen MR) is 76.7 cm³/mol. The fraction of sp³-hybridized carbons (Fsp3) is 0.611. The smallest absolute Gasteiger partial charge is 0.316 e. The first-order valence-electron chi connectivity index (χ1n) is 8.18. The molecule has 0 aromatic rings. The van der Waals surface area contributed by atoms with E-state index >= 15 is 0 Å². The number of rotatable bonds is 2. The Morgan fingerprint density at radius 1 is 1.14 bits per heavy atom. The van der Waals surface area contributed by atoms with Crippen molar-refractivity contribution in [3.05, 3.63) is 36.6 Å². The van der Waals surface area contributed by atoms with Gasteiger partial charge in [0.2, 0.25) is 0 Å². The lowest BCUT2D eigenvalue weighted by atomic mass is 9.61. The van der Waals surface area contributed by atoms with Crippen LogP contribution in [0.3, 0.4) is 0 Å². The van der Waals surface area contributed by atoms with Gasteiger partial charge in [-0.2, -0.15) is 0 Å². The molecular formula is C18H20O3. The molecule has 0 saturated heterocycles. The molecular weight excluding hydrogens is 264 g/mol. The van der Waals surface area contributed by atoms with Crippen LogP contribution < -0.4 is 0 Å². The summed E-state index contributed by atoms with van der Waals surface area (Å²) in [6.45, 7) is 0. The van der Waals surface area contributed by atoms with Crippen LogP contribution in [0.2, 0.25) is 0 Å². The Labute approximate surface area is 124 Å². The second-order valence-corrected chi connectivity index (χ2v) is 7.24. The third-order valence-electron chi connectivity index (χ3n) is 6.65. The Balaban J connectivity index is 1.48. The lowest BCUT2D eigenvalue weighted by Gasteiger charge is -2.43. The van der Waals surface area contributed by atoms with Crippen LogP contribution in [0, 0.1) is 35.0 Å². The number of esters is 1. The maximum absolute atomic E-state index is 13.1. The van der Waals surface area contributed by atoms with Gasteiger partial charge >= 0.3 is 5.97 Å². The Morgan fingerprint density at radius 2 is 2.10 bits per heavy atom. The monoisotopic (exact) mass is 284 g/mol. The van der Waals surface area contributed by atoms with Crippen molar-refractivity contribution in [2.24, 2.45) is 35.0 Å². The minimum atomic E-state index is -0.542. The van der Waals surface area contributed by atoms with Gasteiger partial charge in [0.25, 0.3) is 6.29 Å². The highest BCUT2D eigenvalue weighted by atomic mass is 16.7.